The van der Waals surface area contributed by atoms with Crippen molar-refractivity contribution in [1.29, 1.82) is 0 Å². The number of benzene rings is 2. The van der Waals surface area contributed by atoms with Crippen LogP contribution < -0.4 is 16.3 Å². The summed E-state index contributed by atoms with van der Waals surface area (Å²) in [6.45, 7) is 4.27. The van der Waals surface area contributed by atoms with Crippen LogP contribution in [-0.4, -0.2) is 30.1 Å². The van der Waals surface area contributed by atoms with Gasteiger partial charge < -0.3 is 15.1 Å². The highest BCUT2D eigenvalue weighted by Gasteiger charge is 2.24. The summed E-state index contributed by atoms with van der Waals surface area (Å²) >= 11 is 0. The zero-order valence-electron chi connectivity index (χ0n) is 17.9. The number of hydrogen-bond donors (Lipinski definition) is 2. The van der Waals surface area contributed by atoms with E-state index in [0.29, 0.717) is 18.7 Å². The Kier molecular flexibility index (Phi) is 6.67. The van der Waals surface area contributed by atoms with E-state index in [2.05, 4.69) is 34.6 Å². The Labute approximate surface area is 182 Å². The third kappa shape index (κ3) is 5.33. The molecule has 0 saturated carbocycles. The second-order valence-electron chi connectivity index (χ2n) is 8.10. The zero-order chi connectivity index (χ0) is 21.6. The van der Waals surface area contributed by atoms with Gasteiger partial charge in [-0.05, 0) is 55.1 Å². The molecule has 1 aliphatic heterocycles. The van der Waals surface area contributed by atoms with Gasteiger partial charge in [-0.15, -0.1) is 0 Å². The van der Waals surface area contributed by atoms with Gasteiger partial charge >= 0.3 is 11.7 Å². The minimum atomic E-state index is -0.315. The van der Waals surface area contributed by atoms with E-state index in [-0.39, 0.29) is 17.7 Å². The minimum Gasteiger partial charge on any atom is -0.423 e. The molecule has 2 aromatic carbocycles. The van der Waals surface area contributed by atoms with Crippen LogP contribution in [0.1, 0.15) is 37.3 Å². The van der Waals surface area contributed by atoms with E-state index in [9.17, 15) is 9.59 Å². The molecule has 31 heavy (non-hydrogen) atoms. The first-order valence-corrected chi connectivity index (χ1v) is 11.0. The van der Waals surface area contributed by atoms with E-state index in [1.807, 2.05) is 36.4 Å². The molecule has 162 valence electrons. The molecule has 1 aromatic heterocycles. The first-order valence-electron chi connectivity index (χ1n) is 11.0. The Bertz CT molecular complexity index is 1090. The van der Waals surface area contributed by atoms with Gasteiger partial charge in [-0.3, -0.25) is 4.90 Å². The van der Waals surface area contributed by atoms with Gasteiger partial charge in [-0.2, -0.15) is 0 Å². The summed E-state index contributed by atoms with van der Waals surface area (Å²) in [5.41, 5.74) is 3.24. The Hall–Kier alpha value is -3.12. The Balaban J connectivity index is 1.45. The molecule has 0 radical (unpaired) electrons. The Morgan fingerprint density at radius 2 is 1.97 bits per heavy atom. The number of nitrogens with zero attached hydrogens (tertiary/aromatic N) is 1. The van der Waals surface area contributed by atoms with Gasteiger partial charge in [0.25, 0.3) is 0 Å². The van der Waals surface area contributed by atoms with Crippen molar-refractivity contribution in [2.24, 2.45) is 0 Å². The van der Waals surface area contributed by atoms with Gasteiger partial charge in [0.2, 0.25) is 0 Å². The molecule has 0 spiro atoms. The maximum absolute atomic E-state index is 12.3. The molecule has 2 heterocycles. The van der Waals surface area contributed by atoms with Gasteiger partial charge in [0.15, 0.2) is 0 Å². The molecular formula is C25H29N3O3. The van der Waals surface area contributed by atoms with Crippen LogP contribution >= 0.6 is 0 Å². The van der Waals surface area contributed by atoms with Gasteiger partial charge in [0.1, 0.15) is 5.58 Å². The average Bonchev–Trinajstić information content (AvgIpc) is 2.78. The molecule has 1 atom stereocenters. The standard InChI is InChI=1S/C25H29N3O3/c1-2-18-11-12-22-19(15-24(29)31-23(22)14-18)17-28-13-7-6-10-21(28)16-26-25(30)27-20-8-4-3-5-9-20/h3-5,8-9,11-12,14-15,21H,2,6-7,10,13,16-17H2,1H3,(H2,26,27,30). The highest BCUT2D eigenvalue weighted by atomic mass is 16.4. The molecule has 0 bridgehead atoms. The second kappa shape index (κ2) is 9.79. The fraction of sp³-hybridized carbons (Fsp3) is 0.360. The van der Waals surface area contributed by atoms with Gasteiger partial charge in [-0.1, -0.05) is 43.7 Å². The Morgan fingerprint density at radius 1 is 1.13 bits per heavy atom. The molecule has 2 N–H and O–H groups in total. The monoisotopic (exact) mass is 419 g/mol. The third-order valence-electron chi connectivity index (χ3n) is 5.96. The zero-order valence-corrected chi connectivity index (χ0v) is 17.9. The second-order valence-corrected chi connectivity index (χ2v) is 8.10. The smallest absolute Gasteiger partial charge is 0.336 e. The summed E-state index contributed by atoms with van der Waals surface area (Å²) in [7, 11) is 0. The molecule has 4 rings (SSSR count). The number of aryl methyl sites for hydroxylation is 1. The van der Waals surface area contributed by atoms with Crippen molar-refractivity contribution in [2.45, 2.75) is 45.2 Å². The van der Waals surface area contributed by atoms with Crippen LogP contribution in [0, 0.1) is 0 Å². The quantitative estimate of drug-likeness (QED) is 0.576. The lowest BCUT2D eigenvalue weighted by atomic mass is 10.00. The summed E-state index contributed by atoms with van der Waals surface area (Å²) in [6.07, 6.45) is 4.17. The number of nitrogens with one attached hydrogen (secondary N) is 2. The summed E-state index contributed by atoms with van der Waals surface area (Å²) in [4.78, 5) is 26.8. The van der Waals surface area contributed by atoms with Crippen LogP contribution in [0.15, 0.2) is 63.8 Å². The molecule has 1 fully saturated rings. The number of piperidine rings is 1. The van der Waals surface area contributed by atoms with Gasteiger partial charge in [0.05, 0.1) is 0 Å². The predicted octanol–water partition coefficient (Wildman–Crippen LogP) is 4.53. The summed E-state index contributed by atoms with van der Waals surface area (Å²) in [6, 6.07) is 17.2. The molecule has 1 unspecified atom stereocenters. The average molecular weight is 420 g/mol. The lowest BCUT2D eigenvalue weighted by molar-refractivity contribution is 0.139. The van der Waals surface area contributed by atoms with E-state index in [4.69, 9.17) is 4.42 Å². The van der Waals surface area contributed by atoms with E-state index in [0.717, 1.165) is 54.4 Å². The summed E-state index contributed by atoms with van der Waals surface area (Å²) in [5.74, 6) is 0. The number of anilines is 1. The van der Waals surface area contributed by atoms with Crippen LogP contribution in [0.25, 0.3) is 11.0 Å². The maximum atomic E-state index is 12.3. The normalized spacial score (nSPS) is 16.9. The topological polar surface area (TPSA) is 74.6 Å². The number of urea groups is 1. The van der Waals surface area contributed by atoms with Crippen molar-refractivity contribution < 1.29 is 9.21 Å². The van der Waals surface area contributed by atoms with Crippen molar-refractivity contribution in [3.05, 3.63) is 76.1 Å². The van der Waals surface area contributed by atoms with Gasteiger partial charge in [-0.25, -0.2) is 9.59 Å². The first-order chi connectivity index (χ1) is 15.1. The molecule has 6 nitrogen and oxygen atoms in total. The molecule has 2 amide bonds. The van der Waals surface area contributed by atoms with Crippen molar-refractivity contribution in [1.82, 2.24) is 10.2 Å². The fourth-order valence-corrected chi connectivity index (χ4v) is 4.25. The number of fused-ring (bicyclic) bond motifs is 1. The number of likely N-dealkylation sites (tertiary alicyclic amines) is 1. The van der Waals surface area contributed by atoms with Crippen molar-refractivity contribution in [2.75, 3.05) is 18.4 Å². The SMILES string of the molecule is CCc1ccc2c(CN3CCCCC3CNC(=O)Nc3ccccc3)cc(=O)oc2c1. The number of hydrogen-bond acceptors (Lipinski definition) is 4. The van der Waals surface area contributed by atoms with E-state index in [1.54, 1.807) is 6.07 Å². The van der Waals surface area contributed by atoms with Crippen LogP contribution in [0.3, 0.4) is 0 Å². The highest BCUT2D eigenvalue weighted by Crippen LogP contribution is 2.24. The summed E-state index contributed by atoms with van der Waals surface area (Å²) in [5, 5.41) is 6.86. The molecule has 1 saturated heterocycles. The largest absolute Gasteiger partial charge is 0.423 e. The number of amides is 2. The van der Waals surface area contributed by atoms with Crippen LogP contribution in [-0.2, 0) is 13.0 Å². The number of carbonyl (C=O) groups excluding carboxylic acids is 1. The van der Waals surface area contributed by atoms with E-state index >= 15 is 0 Å². The lowest BCUT2D eigenvalue weighted by Gasteiger charge is -2.36. The molecular weight excluding hydrogens is 390 g/mol. The predicted molar refractivity (Wildman–Crippen MR) is 123 cm³/mol. The van der Waals surface area contributed by atoms with Crippen LogP contribution in [0.5, 0.6) is 0 Å². The van der Waals surface area contributed by atoms with E-state index in [1.165, 1.54) is 0 Å². The van der Waals surface area contributed by atoms with Crippen molar-refractivity contribution >= 4 is 22.7 Å². The number of carbonyl (C=O) groups is 1. The highest BCUT2D eigenvalue weighted by molar-refractivity contribution is 5.89. The molecule has 1 aliphatic rings. The molecule has 0 aliphatic carbocycles. The Morgan fingerprint density at radius 3 is 2.77 bits per heavy atom. The summed E-state index contributed by atoms with van der Waals surface area (Å²) < 4.78 is 5.46. The lowest BCUT2D eigenvalue weighted by Crippen LogP contribution is -2.47. The van der Waals surface area contributed by atoms with Crippen LogP contribution in [0.2, 0.25) is 0 Å². The first kappa shape index (κ1) is 21.1. The maximum Gasteiger partial charge on any atom is 0.336 e. The third-order valence-corrected chi connectivity index (χ3v) is 5.96. The van der Waals surface area contributed by atoms with Crippen LogP contribution in [0.4, 0.5) is 10.5 Å². The molecule has 3 aromatic rings. The minimum absolute atomic E-state index is 0.199. The number of rotatable bonds is 6. The fourth-order valence-electron chi connectivity index (χ4n) is 4.25. The van der Waals surface area contributed by atoms with E-state index < -0.39 is 0 Å². The van der Waals surface area contributed by atoms with Crippen molar-refractivity contribution in [3.63, 3.8) is 0 Å². The molecule has 6 heteroatoms. The van der Waals surface area contributed by atoms with Gasteiger partial charge in [0, 0.05) is 36.3 Å². The number of para-hydroxylation sites is 1. The van der Waals surface area contributed by atoms with Crippen molar-refractivity contribution in [3.8, 4) is 0 Å².